The Bertz CT molecular complexity index is 1730. The summed E-state index contributed by atoms with van der Waals surface area (Å²) < 4.78 is 8.18. The third-order valence-corrected chi connectivity index (χ3v) is 6.16. The van der Waals surface area contributed by atoms with E-state index in [0.29, 0.717) is 11.8 Å². The van der Waals surface area contributed by atoms with E-state index in [1.807, 2.05) is 84.9 Å². The average Bonchev–Trinajstić information content (AvgIpc) is 3.27. The fourth-order valence-corrected chi connectivity index (χ4v) is 4.21. The van der Waals surface area contributed by atoms with E-state index in [9.17, 15) is 0 Å². The van der Waals surface area contributed by atoms with Gasteiger partial charge < -0.3 is 15.7 Å². The molecule has 0 fully saturated rings. The Kier molecular flexibility index (Phi) is 8.65. The molecule has 3 aromatic heterocycles. The van der Waals surface area contributed by atoms with Gasteiger partial charge in [-0.1, -0.05) is 62.9 Å². The molecule has 0 saturated heterocycles. The molecule has 0 N–H and O–H groups in total. The number of ether oxygens (including phenoxy) is 1. The largest absolute Gasteiger partial charge is 2.00 e. The van der Waals surface area contributed by atoms with Crippen LogP contribution in [0.2, 0.25) is 0 Å². The van der Waals surface area contributed by atoms with Crippen molar-refractivity contribution in [3.8, 4) is 23.4 Å². The Hall–Kier alpha value is -4.19. The quantitative estimate of drug-likeness (QED) is 0.140. The number of para-hydroxylation sites is 2. The van der Waals surface area contributed by atoms with Crippen molar-refractivity contribution in [1.82, 2.24) is 14.5 Å². The maximum atomic E-state index is 6.69. The van der Waals surface area contributed by atoms with Gasteiger partial charge in [0.2, 0.25) is 11.8 Å². The second-order valence-corrected chi connectivity index (χ2v) is 9.85. The number of hydrogen-bond donors (Lipinski definition) is 0. The van der Waals surface area contributed by atoms with Gasteiger partial charge in [-0.3, -0.25) is 5.92 Å². The molecule has 194 valence electrons. The molecule has 0 unspecified atom stereocenters. The van der Waals surface area contributed by atoms with Gasteiger partial charge in [-0.05, 0) is 29.2 Å². The van der Waals surface area contributed by atoms with Crippen molar-refractivity contribution in [3.05, 3.63) is 133 Å². The minimum absolute atomic E-state index is 0. The van der Waals surface area contributed by atoms with E-state index in [0.717, 1.165) is 33.2 Å². The minimum Gasteiger partial charge on any atom is -0.421 e. The van der Waals surface area contributed by atoms with Crippen molar-refractivity contribution < 1.29 is 25.8 Å². The van der Waals surface area contributed by atoms with Gasteiger partial charge >= 0.3 is 21.1 Å². The van der Waals surface area contributed by atoms with Crippen LogP contribution >= 0.6 is 0 Å². The molecule has 6 aromatic rings. The molecule has 0 atom stereocenters. The molecule has 0 bridgehead atoms. The fourth-order valence-electron chi connectivity index (χ4n) is 4.21. The van der Waals surface area contributed by atoms with Crippen molar-refractivity contribution in [2.24, 2.45) is 0 Å². The molecule has 0 saturated carbocycles. The van der Waals surface area contributed by atoms with Crippen LogP contribution in [0.15, 0.2) is 109 Å². The number of aromatic nitrogens is 3. The average molecular weight is 689 g/mol. The number of rotatable bonds is 3. The molecule has 0 spiro atoms. The summed E-state index contributed by atoms with van der Waals surface area (Å²) in [6, 6.07) is 36.9. The van der Waals surface area contributed by atoms with E-state index < -0.39 is 0 Å². The van der Waals surface area contributed by atoms with Gasteiger partial charge in [0.1, 0.15) is 5.65 Å². The molecule has 0 aliphatic carbocycles. The van der Waals surface area contributed by atoms with E-state index in [1.165, 1.54) is 5.56 Å². The SMILES string of the molecule is CC(C)(C)c1ccnc(Oc2ccc3c4ccccc4n(-c4[c-]cccc4)c3n2)c1.[C-]#Cc1ccccc1.[Pt+2]. The van der Waals surface area contributed by atoms with Crippen LogP contribution in [0.3, 0.4) is 0 Å². The first-order valence-electron chi connectivity index (χ1n) is 12.4. The van der Waals surface area contributed by atoms with E-state index in [-0.39, 0.29) is 26.5 Å². The van der Waals surface area contributed by atoms with E-state index in [4.69, 9.17) is 16.1 Å². The third-order valence-electron chi connectivity index (χ3n) is 6.16. The number of benzene rings is 3. The third kappa shape index (κ3) is 6.28. The Labute approximate surface area is 244 Å². The van der Waals surface area contributed by atoms with E-state index in [1.54, 1.807) is 6.20 Å². The van der Waals surface area contributed by atoms with Gasteiger partial charge in [0.25, 0.3) is 0 Å². The Balaban J connectivity index is 0.000000339. The summed E-state index contributed by atoms with van der Waals surface area (Å²) in [5, 5.41) is 2.23. The number of fused-ring (bicyclic) bond motifs is 3. The van der Waals surface area contributed by atoms with Gasteiger partial charge in [0.05, 0.1) is 5.52 Å². The van der Waals surface area contributed by atoms with Crippen LogP contribution in [0.4, 0.5) is 0 Å². The van der Waals surface area contributed by atoms with Crippen LogP contribution in [-0.2, 0) is 26.5 Å². The molecule has 6 rings (SSSR count). The molecular formula is C34H27N3OPt. The summed E-state index contributed by atoms with van der Waals surface area (Å²) in [5.41, 5.74) is 4.89. The van der Waals surface area contributed by atoms with Crippen molar-refractivity contribution in [1.29, 1.82) is 0 Å². The molecule has 0 aliphatic heterocycles. The molecule has 4 nitrogen and oxygen atoms in total. The molecule has 3 aromatic carbocycles. The summed E-state index contributed by atoms with van der Waals surface area (Å²) in [6.07, 6.45) is 8.48. The predicted octanol–water partition coefficient (Wildman–Crippen LogP) is 8.09. The van der Waals surface area contributed by atoms with Gasteiger partial charge in [0, 0.05) is 29.1 Å². The summed E-state index contributed by atoms with van der Waals surface area (Å²) in [6.45, 7) is 6.52. The molecule has 0 amide bonds. The van der Waals surface area contributed by atoms with Gasteiger partial charge in [0.15, 0.2) is 0 Å². The summed E-state index contributed by atoms with van der Waals surface area (Å²) in [4.78, 5) is 9.23. The van der Waals surface area contributed by atoms with Crippen molar-refractivity contribution in [3.63, 3.8) is 0 Å². The molecule has 39 heavy (non-hydrogen) atoms. The zero-order valence-electron chi connectivity index (χ0n) is 22.0. The van der Waals surface area contributed by atoms with E-state index in [2.05, 4.69) is 60.5 Å². The first-order chi connectivity index (χ1) is 18.4. The van der Waals surface area contributed by atoms with Crippen LogP contribution in [0.1, 0.15) is 31.9 Å². The first-order valence-corrected chi connectivity index (χ1v) is 12.4. The zero-order valence-corrected chi connectivity index (χ0v) is 24.2. The van der Waals surface area contributed by atoms with Crippen molar-refractivity contribution in [2.45, 2.75) is 26.2 Å². The molecular weight excluding hydrogens is 661 g/mol. The van der Waals surface area contributed by atoms with Crippen LogP contribution in [0.25, 0.3) is 27.6 Å². The van der Waals surface area contributed by atoms with Crippen LogP contribution in [0, 0.1) is 18.4 Å². The Morgan fingerprint density at radius 3 is 2.26 bits per heavy atom. The van der Waals surface area contributed by atoms with Gasteiger partial charge in [-0.15, -0.1) is 23.8 Å². The maximum Gasteiger partial charge on any atom is 2.00 e. The second kappa shape index (κ2) is 12.1. The number of pyridine rings is 2. The zero-order chi connectivity index (χ0) is 26.5. The topological polar surface area (TPSA) is 39.9 Å². The maximum absolute atomic E-state index is 6.69. The summed E-state index contributed by atoms with van der Waals surface area (Å²) in [5.74, 6) is 3.34. The predicted molar refractivity (Wildman–Crippen MR) is 153 cm³/mol. The molecule has 5 heteroatoms. The van der Waals surface area contributed by atoms with Crippen molar-refractivity contribution >= 4 is 21.9 Å². The Morgan fingerprint density at radius 1 is 0.821 bits per heavy atom. The van der Waals surface area contributed by atoms with Gasteiger partial charge in [-0.2, -0.15) is 29.2 Å². The monoisotopic (exact) mass is 688 g/mol. The fraction of sp³-hybridized carbons (Fsp3) is 0.118. The van der Waals surface area contributed by atoms with Crippen LogP contribution in [-0.4, -0.2) is 14.5 Å². The Morgan fingerprint density at radius 2 is 1.56 bits per heavy atom. The number of hydrogen-bond acceptors (Lipinski definition) is 3. The second-order valence-electron chi connectivity index (χ2n) is 9.85. The summed E-state index contributed by atoms with van der Waals surface area (Å²) in [7, 11) is 0. The minimum atomic E-state index is 0. The molecule has 3 heterocycles. The standard InChI is InChI=1S/C26H22N3O.C8H5.Pt/c1-26(2,3)18-15-16-27-24(17-18)30-23-14-13-21-20-11-7-8-12-22(20)29(25(21)28-23)19-9-5-4-6-10-19;1-2-8-6-4-3-5-7-8;/h4-9,11-17H,1-3H3;3-7H;/q2*-1;+2. The van der Waals surface area contributed by atoms with E-state index >= 15 is 0 Å². The van der Waals surface area contributed by atoms with Crippen LogP contribution < -0.4 is 4.74 Å². The summed E-state index contributed by atoms with van der Waals surface area (Å²) >= 11 is 0. The smallest absolute Gasteiger partial charge is 0.421 e. The normalized spacial score (nSPS) is 10.7. The van der Waals surface area contributed by atoms with Crippen molar-refractivity contribution in [2.75, 3.05) is 0 Å². The molecule has 0 radical (unpaired) electrons. The van der Waals surface area contributed by atoms with Gasteiger partial charge in [-0.25, -0.2) is 4.98 Å². The first kappa shape index (κ1) is 27.8. The number of nitrogens with zero attached hydrogens (tertiary/aromatic N) is 3. The molecule has 0 aliphatic rings. The van der Waals surface area contributed by atoms with Crippen LogP contribution in [0.5, 0.6) is 11.8 Å².